The van der Waals surface area contributed by atoms with E-state index in [1.807, 2.05) is 97.9 Å². The molecule has 5 rings (SSSR count). The molecule has 0 saturated heterocycles. The molecule has 7 heteroatoms. The van der Waals surface area contributed by atoms with E-state index in [0.717, 1.165) is 22.3 Å². The van der Waals surface area contributed by atoms with Gasteiger partial charge in [-0.3, -0.25) is 4.98 Å². The first kappa shape index (κ1) is 21.7. The summed E-state index contributed by atoms with van der Waals surface area (Å²) in [6, 6.07) is 29.0. The summed E-state index contributed by atoms with van der Waals surface area (Å²) < 4.78 is 0. The first-order chi connectivity index (χ1) is 17.2. The van der Waals surface area contributed by atoms with E-state index in [-0.39, 0.29) is 0 Å². The van der Waals surface area contributed by atoms with Crippen molar-refractivity contribution in [3.05, 3.63) is 114 Å². The van der Waals surface area contributed by atoms with Crippen LogP contribution in [0.3, 0.4) is 0 Å². The van der Waals surface area contributed by atoms with Crippen LogP contribution in [-0.4, -0.2) is 9.97 Å². The minimum Gasteiger partial charge on any atom is -0.349 e. The first-order valence-corrected chi connectivity index (χ1v) is 11.0. The zero-order chi connectivity index (χ0) is 24.0. The molecule has 5 aromatic rings. The number of hydrogen-bond acceptors (Lipinski definition) is 6. The molecule has 2 N–H and O–H groups in total. The number of nitrogens with zero attached hydrogens (tertiary/aromatic N) is 5. The van der Waals surface area contributed by atoms with Crippen molar-refractivity contribution in [3.63, 3.8) is 0 Å². The number of aromatic nitrogens is 2. The zero-order valence-corrected chi connectivity index (χ0v) is 19.0. The smallest absolute Gasteiger partial charge is 0.233 e. The summed E-state index contributed by atoms with van der Waals surface area (Å²) in [4.78, 5) is 13.0. The van der Waals surface area contributed by atoms with Crippen LogP contribution in [-0.2, 0) is 0 Å². The molecule has 7 nitrogen and oxygen atoms in total. The molecular formula is C28H21N7. The van der Waals surface area contributed by atoms with E-state index < -0.39 is 0 Å². The number of azo groups is 1. The fourth-order valence-electron chi connectivity index (χ4n) is 3.71. The lowest BCUT2D eigenvalue weighted by Crippen LogP contribution is -2.01. The highest BCUT2D eigenvalue weighted by molar-refractivity contribution is 5.89. The predicted molar refractivity (Wildman–Crippen MR) is 141 cm³/mol. The summed E-state index contributed by atoms with van der Waals surface area (Å²) in [6.45, 7) is 9.68. The second-order valence-electron chi connectivity index (χ2n) is 7.78. The summed E-state index contributed by atoms with van der Waals surface area (Å²) in [6.07, 6.45) is 1.73. The van der Waals surface area contributed by atoms with Crippen LogP contribution in [0.15, 0.2) is 107 Å². The highest BCUT2D eigenvalue weighted by Crippen LogP contribution is 2.42. The van der Waals surface area contributed by atoms with Crippen molar-refractivity contribution in [1.82, 2.24) is 9.97 Å². The van der Waals surface area contributed by atoms with Gasteiger partial charge in [-0.2, -0.15) is 0 Å². The maximum absolute atomic E-state index is 7.83. The van der Waals surface area contributed by atoms with Crippen LogP contribution in [0.4, 0.5) is 40.1 Å². The van der Waals surface area contributed by atoms with Crippen molar-refractivity contribution in [2.75, 3.05) is 10.6 Å². The third-order valence-corrected chi connectivity index (χ3v) is 5.44. The maximum Gasteiger partial charge on any atom is 0.233 e. The molecule has 2 aromatic heterocycles. The van der Waals surface area contributed by atoms with Crippen LogP contribution in [0.25, 0.3) is 15.7 Å². The summed E-state index contributed by atoms with van der Waals surface area (Å²) in [5, 5.41) is 16.7. The minimum absolute atomic E-state index is 0.387. The molecule has 35 heavy (non-hydrogen) atoms. The molecule has 0 fully saturated rings. The van der Waals surface area contributed by atoms with E-state index in [1.165, 1.54) is 0 Å². The van der Waals surface area contributed by atoms with Gasteiger partial charge in [-0.05, 0) is 48.9 Å². The number of benzene rings is 3. The Kier molecular flexibility index (Phi) is 6.09. The molecule has 168 valence electrons. The number of anilines is 4. The Balaban J connectivity index is 1.63. The van der Waals surface area contributed by atoms with Crippen molar-refractivity contribution < 1.29 is 0 Å². The molecule has 0 aliphatic carbocycles. The third-order valence-electron chi connectivity index (χ3n) is 5.44. The first-order valence-electron chi connectivity index (χ1n) is 11.0. The molecule has 0 saturated carbocycles. The average molecular weight is 456 g/mol. The van der Waals surface area contributed by atoms with Gasteiger partial charge in [0.2, 0.25) is 5.69 Å². The van der Waals surface area contributed by atoms with E-state index in [2.05, 4.69) is 30.7 Å². The minimum atomic E-state index is 0.387. The van der Waals surface area contributed by atoms with Crippen molar-refractivity contribution in [3.8, 4) is 0 Å². The Bertz CT molecular complexity index is 1550. The van der Waals surface area contributed by atoms with Crippen molar-refractivity contribution in [2.24, 2.45) is 10.2 Å². The lowest BCUT2D eigenvalue weighted by atomic mass is 10.1. The highest BCUT2D eigenvalue weighted by atomic mass is 15.2. The Morgan fingerprint density at radius 2 is 1.40 bits per heavy atom. The summed E-state index contributed by atoms with van der Waals surface area (Å²) in [5.41, 5.74) is 4.64. The van der Waals surface area contributed by atoms with Gasteiger partial charge >= 0.3 is 0 Å². The van der Waals surface area contributed by atoms with Crippen molar-refractivity contribution >= 4 is 51.0 Å². The fourth-order valence-corrected chi connectivity index (χ4v) is 3.71. The van der Waals surface area contributed by atoms with Gasteiger partial charge in [0.25, 0.3) is 0 Å². The van der Waals surface area contributed by atoms with Crippen LogP contribution < -0.4 is 10.6 Å². The molecule has 0 aliphatic rings. The summed E-state index contributed by atoms with van der Waals surface area (Å²) >= 11 is 0. The molecule has 0 bridgehead atoms. The van der Waals surface area contributed by atoms with E-state index in [0.29, 0.717) is 34.3 Å². The standard InChI is InChI=1S/C28H21N7/c1-19-24(29-2)27(31-21-13-5-3-6-14-21)33-28(32-22-15-7-4-8-16-22)25(19)35-34-23-17-9-11-20-12-10-18-30-26(20)23/h3-18H,1H3,(H2,31,32,33). The van der Waals surface area contributed by atoms with Gasteiger partial charge in [-0.15, -0.1) is 10.2 Å². The van der Waals surface area contributed by atoms with Crippen LogP contribution in [0.5, 0.6) is 0 Å². The second-order valence-corrected chi connectivity index (χ2v) is 7.78. The Hall–Kier alpha value is -5.09. The Labute approximate surface area is 203 Å². The fraction of sp³-hybridized carbons (Fsp3) is 0.0357. The SMILES string of the molecule is [C-]#[N+]c1c(Nc2ccccc2)nc(Nc2ccccc2)c(N=Nc2cccc3cccnc23)c1C. The molecule has 0 spiro atoms. The van der Waals surface area contributed by atoms with Crippen molar-refractivity contribution in [2.45, 2.75) is 6.92 Å². The van der Waals surface area contributed by atoms with Crippen LogP contribution in [0, 0.1) is 13.5 Å². The van der Waals surface area contributed by atoms with Gasteiger partial charge in [0.1, 0.15) is 17.2 Å². The second kappa shape index (κ2) is 9.81. The lowest BCUT2D eigenvalue weighted by molar-refractivity contribution is 1.18. The average Bonchev–Trinajstić information content (AvgIpc) is 2.90. The summed E-state index contributed by atoms with van der Waals surface area (Å²) in [5.74, 6) is 0.949. The number of fused-ring (bicyclic) bond motifs is 1. The normalized spacial score (nSPS) is 10.9. The van der Waals surface area contributed by atoms with Gasteiger partial charge in [-0.1, -0.05) is 54.6 Å². The van der Waals surface area contributed by atoms with Gasteiger partial charge in [0.05, 0.1) is 12.1 Å². The molecule has 0 unspecified atom stereocenters. The van der Waals surface area contributed by atoms with Gasteiger partial charge in [0, 0.05) is 23.0 Å². The van der Waals surface area contributed by atoms with E-state index in [9.17, 15) is 0 Å². The number of nitrogens with one attached hydrogen (secondary N) is 2. The largest absolute Gasteiger partial charge is 0.349 e. The Morgan fingerprint density at radius 3 is 2.09 bits per heavy atom. The number of hydrogen-bond donors (Lipinski definition) is 2. The quantitative estimate of drug-likeness (QED) is 0.199. The molecule has 2 heterocycles. The Morgan fingerprint density at radius 1 is 0.743 bits per heavy atom. The zero-order valence-electron chi connectivity index (χ0n) is 19.0. The maximum atomic E-state index is 7.83. The molecule has 0 atom stereocenters. The molecule has 3 aromatic carbocycles. The van der Waals surface area contributed by atoms with Gasteiger partial charge in [0.15, 0.2) is 5.82 Å². The lowest BCUT2D eigenvalue weighted by Gasteiger charge is -2.16. The predicted octanol–water partition coefficient (Wildman–Crippen LogP) is 8.39. The summed E-state index contributed by atoms with van der Waals surface area (Å²) in [7, 11) is 0. The monoisotopic (exact) mass is 455 g/mol. The molecular weight excluding hydrogens is 434 g/mol. The highest BCUT2D eigenvalue weighted by Gasteiger charge is 2.18. The number of pyridine rings is 2. The third kappa shape index (κ3) is 4.68. The van der Waals surface area contributed by atoms with Crippen LogP contribution in [0.1, 0.15) is 5.56 Å². The molecule has 0 aliphatic heterocycles. The van der Waals surface area contributed by atoms with E-state index in [4.69, 9.17) is 11.6 Å². The molecule has 0 amide bonds. The van der Waals surface area contributed by atoms with Gasteiger partial charge in [-0.25, -0.2) is 9.83 Å². The van der Waals surface area contributed by atoms with Crippen LogP contribution >= 0.6 is 0 Å². The van der Waals surface area contributed by atoms with E-state index in [1.54, 1.807) is 6.20 Å². The number of rotatable bonds is 6. The van der Waals surface area contributed by atoms with E-state index >= 15 is 0 Å². The molecule has 0 radical (unpaired) electrons. The number of para-hydroxylation sites is 3. The van der Waals surface area contributed by atoms with Crippen LogP contribution in [0.2, 0.25) is 0 Å². The topological polar surface area (TPSA) is 78.9 Å². The van der Waals surface area contributed by atoms with Crippen molar-refractivity contribution in [1.29, 1.82) is 0 Å². The van der Waals surface area contributed by atoms with Gasteiger partial charge < -0.3 is 10.6 Å².